The normalized spacial score (nSPS) is 10.6. The minimum atomic E-state index is -0.478. The maximum atomic E-state index is 12.9. The van der Waals surface area contributed by atoms with E-state index in [4.69, 9.17) is 9.47 Å². The molecule has 8 nitrogen and oxygen atoms in total. The molecule has 0 radical (unpaired) electrons. The number of hydrogen-bond donors (Lipinski definition) is 2. The predicted octanol–water partition coefficient (Wildman–Crippen LogP) is 4.30. The molecule has 0 fully saturated rings. The molecule has 33 heavy (non-hydrogen) atoms. The summed E-state index contributed by atoms with van der Waals surface area (Å²) in [5.74, 6) is 1.75. The van der Waals surface area contributed by atoms with Crippen LogP contribution in [-0.2, 0) is 13.0 Å². The van der Waals surface area contributed by atoms with Gasteiger partial charge in [-0.25, -0.2) is 9.59 Å². The van der Waals surface area contributed by atoms with Crippen LogP contribution in [0.3, 0.4) is 0 Å². The second-order valence-corrected chi connectivity index (χ2v) is 7.32. The minimum absolute atomic E-state index is 0.332. The zero-order valence-electron chi connectivity index (χ0n) is 18.4. The van der Waals surface area contributed by atoms with Gasteiger partial charge < -0.3 is 14.8 Å². The zero-order valence-corrected chi connectivity index (χ0v) is 18.4. The van der Waals surface area contributed by atoms with Crippen LogP contribution in [0.5, 0.6) is 11.5 Å². The molecule has 0 bridgehead atoms. The van der Waals surface area contributed by atoms with E-state index >= 15 is 0 Å². The number of para-hydroxylation sites is 1. The molecule has 4 rings (SSSR count). The molecule has 2 amide bonds. The highest BCUT2D eigenvalue weighted by Crippen LogP contribution is 2.22. The number of fused-ring (bicyclic) bond motifs is 1. The van der Waals surface area contributed by atoms with Gasteiger partial charge in [0.1, 0.15) is 17.3 Å². The van der Waals surface area contributed by atoms with Gasteiger partial charge in [-0.15, -0.1) is 0 Å². The van der Waals surface area contributed by atoms with E-state index in [-0.39, 0.29) is 0 Å². The second-order valence-electron chi connectivity index (χ2n) is 7.32. The molecule has 2 N–H and O–H groups in total. The Morgan fingerprint density at radius 3 is 2.42 bits per heavy atom. The summed E-state index contributed by atoms with van der Waals surface area (Å²) in [6, 6.07) is 21.4. The van der Waals surface area contributed by atoms with E-state index in [1.807, 2.05) is 36.4 Å². The first-order valence-corrected chi connectivity index (χ1v) is 10.4. The third-order valence-corrected chi connectivity index (χ3v) is 5.19. The third-order valence-electron chi connectivity index (χ3n) is 5.19. The minimum Gasteiger partial charge on any atom is -0.497 e. The number of nitrogens with zero attached hydrogens (tertiary/aromatic N) is 2. The van der Waals surface area contributed by atoms with Crippen molar-refractivity contribution in [3.05, 3.63) is 88.8 Å². The number of ether oxygens (including phenoxy) is 2. The Balaban J connectivity index is 1.64. The first-order valence-electron chi connectivity index (χ1n) is 10.4. The predicted molar refractivity (Wildman–Crippen MR) is 128 cm³/mol. The highest BCUT2D eigenvalue weighted by atomic mass is 16.5. The van der Waals surface area contributed by atoms with Crippen LogP contribution >= 0.6 is 0 Å². The van der Waals surface area contributed by atoms with E-state index in [2.05, 4.69) is 15.6 Å². The average Bonchev–Trinajstić information content (AvgIpc) is 2.83. The largest absolute Gasteiger partial charge is 0.497 e. The van der Waals surface area contributed by atoms with E-state index < -0.39 is 11.7 Å². The van der Waals surface area contributed by atoms with Crippen molar-refractivity contribution in [2.75, 3.05) is 24.9 Å². The number of aromatic nitrogens is 2. The zero-order chi connectivity index (χ0) is 23.2. The average molecular weight is 444 g/mol. The van der Waals surface area contributed by atoms with Crippen molar-refractivity contribution in [1.29, 1.82) is 0 Å². The van der Waals surface area contributed by atoms with Crippen LogP contribution < -0.4 is 25.8 Å². The summed E-state index contributed by atoms with van der Waals surface area (Å²) in [5, 5.41) is 6.30. The van der Waals surface area contributed by atoms with Crippen LogP contribution in [0.1, 0.15) is 5.56 Å². The van der Waals surface area contributed by atoms with Gasteiger partial charge in [0.15, 0.2) is 0 Å². The van der Waals surface area contributed by atoms with Crippen LogP contribution in [0.25, 0.3) is 10.9 Å². The highest BCUT2D eigenvalue weighted by molar-refractivity contribution is 6.04. The van der Waals surface area contributed by atoms with Crippen molar-refractivity contribution in [1.82, 2.24) is 9.55 Å². The molecule has 0 atom stereocenters. The summed E-state index contributed by atoms with van der Waals surface area (Å²) >= 11 is 0. The van der Waals surface area contributed by atoms with Crippen molar-refractivity contribution >= 4 is 28.4 Å². The molecule has 0 unspecified atom stereocenters. The molecule has 3 aromatic carbocycles. The van der Waals surface area contributed by atoms with E-state index in [1.165, 1.54) is 4.57 Å². The number of carbonyl (C=O) groups excluding carboxylic acids is 1. The fourth-order valence-corrected chi connectivity index (χ4v) is 3.56. The first-order chi connectivity index (χ1) is 16.1. The lowest BCUT2D eigenvalue weighted by Gasteiger charge is -2.16. The number of benzene rings is 3. The second kappa shape index (κ2) is 9.86. The van der Waals surface area contributed by atoms with Crippen molar-refractivity contribution in [2.45, 2.75) is 13.0 Å². The molecule has 168 valence electrons. The Morgan fingerprint density at radius 1 is 0.909 bits per heavy atom. The summed E-state index contributed by atoms with van der Waals surface area (Å²) in [4.78, 5) is 29.9. The van der Waals surface area contributed by atoms with Gasteiger partial charge in [0.25, 0.3) is 0 Å². The maximum absolute atomic E-state index is 12.9. The molecular weight excluding hydrogens is 420 g/mol. The molecule has 0 aliphatic carbocycles. The van der Waals surface area contributed by atoms with Crippen molar-refractivity contribution < 1.29 is 14.3 Å². The van der Waals surface area contributed by atoms with Crippen molar-refractivity contribution in [3.63, 3.8) is 0 Å². The van der Waals surface area contributed by atoms with Gasteiger partial charge in [-0.3, -0.25) is 9.88 Å². The van der Waals surface area contributed by atoms with E-state index in [1.54, 1.807) is 50.6 Å². The summed E-state index contributed by atoms with van der Waals surface area (Å²) in [5.41, 5.74) is 1.64. The topological polar surface area (TPSA) is 94.5 Å². The Labute approximate surface area is 190 Å². The van der Waals surface area contributed by atoms with E-state index in [0.29, 0.717) is 41.1 Å². The molecule has 1 aromatic heterocycles. The van der Waals surface area contributed by atoms with Crippen LogP contribution in [0.15, 0.2) is 77.6 Å². The van der Waals surface area contributed by atoms with Gasteiger partial charge in [0, 0.05) is 23.7 Å². The Bertz CT molecular complexity index is 1350. The lowest BCUT2D eigenvalue weighted by Crippen LogP contribution is -2.30. The molecule has 0 aliphatic rings. The summed E-state index contributed by atoms with van der Waals surface area (Å²) in [7, 11) is 3.17. The standard InChI is InChI=1S/C25H24N4O4/c1-32-19-9-5-7-17(15-19)13-14-29-23(21-11-3-4-12-22(21)27-25(29)31)28-24(30)26-18-8-6-10-20(16-18)33-2/h3-12,15-16H,13-14H2,1-2H3,(H2,26,28,30). The Kier molecular flexibility index (Phi) is 6.54. The Hall–Kier alpha value is -4.33. The fraction of sp³-hybridized carbons (Fsp3) is 0.160. The lowest BCUT2D eigenvalue weighted by atomic mass is 10.1. The lowest BCUT2D eigenvalue weighted by molar-refractivity contribution is 0.262. The van der Waals surface area contributed by atoms with E-state index in [9.17, 15) is 9.59 Å². The molecule has 0 spiro atoms. The number of aryl methyl sites for hydroxylation is 1. The number of urea groups is 1. The molecule has 4 aromatic rings. The summed E-state index contributed by atoms with van der Waals surface area (Å²) in [6.07, 6.45) is 0.559. The molecule has 1 heterocycles. The Morgan fingerprint density at radius 2 is 1.64 bits per heavy atom. The number of hydrogen-bond acceptors (Lipinski definition) is 5. The first kappa shape index (κ1) is 21.9. The highest BCUT2D eigenvalue weighted by Gasteiger charge is 2.14. The van der Waals surface area contributed by atoms with Gasteiger partial charge in [-0.1, -0.05) is 30.3 Å². The summed E-state index contributed by atoms with van der Waals surface area (Å²) < 4.78 is 12.0. The molecule has 0 saturated heterocycles. The number of amides is 2. The van der Waals surface area contributed by atoms with Gasteiger partial charge in [0.2, 0.25) is 0 Å². The number of nitrogens with one attached hydrogen (secondary N) is 2. The van der Waals surface area contributed by atoms with Crippen LogP contribution in [0.4, 0.5) is 16.3 Å². The number of methoxy groups -OCH3 is 2. The van der Waals surface area contributed by atoms with Crippen molar-refractivity contribution in [3.8, 4) is 11.5 Å². The smallest absolute Gasteiger partial charge is 0.349 e. The molecule has 8 heteroatoms. The third kappa shape index (κ3) is 5.12. The van der Waals surface area contributed by atoms with Gasteiger partial charge >= 0.3 is 11.7 Å². The number of carbonyl (C=O) groups is 1. The monoisotopic (exact) mass is 444 g/mol. The summed E-state index contributed by atoms with van der Waals surface area (Å²) in [6.45, 7) is 0.332. The molecular formula is C25H24N4O4. The van der Waals surface area contributed by atoms with Crippen LogP contribution in [0.2, 0.25) is 0 Å². The van der Waals surface area contributed by atoms with Gasteiger partial charge in [-0.2, -0.15) is 4.98 Å². The fourth-order valence-electron chi connectivity index (χ4n) is 3.56. The maximum Gasteiger partial charge on any atom is 0.349 e. The quantitative estimate of drug-likeness (QED) is 0.443. The van der Waals surface area contributed by atoms with E-state index in [0.717, 1.165) is 11.3 Å². The number of anilines is 2. The van der Waals surface area contributed by atoms with Crippen LogP contribution in [-0.4, -0.2) is 29.8 Å². The molecule has 0 saturated carbocycles. The SMILES string of the molecule is COc1cccc(CCn2c(NC(=O)Nc3cccc(OC)c3)c3ccccc3nc2=O)c1. The molecule has 0 aliphatic heterocycles. The van der Waals surface area contributed by atoms with Gasteiger partial charge in [0.05, 0.1) is 19.7 Å². The number of rotatable bonds is 7. The van der Waals surface area contributed by atoms with Crippen molar-refractivity contribution in [2.24, 2.45) is 0 Å². The van der Waals surface area contributed by atoms with Crippen LogP contribution in [0, 0.1) is 0 Å². The van der Waals surface area contributed by atoms with Gasteiger partial charge in [-0.05, 0) is 48.4 Å².